The van der Waals surface area contributed by atoms with Gasteiger partial charge in [0.1, 0.15) is 5.82 Å². The minimum absolute atomic E-state index is 0.270. The Bertz CT molecular complexity index is 703. The average Bonchev–Trinajstić information content (AvgIpc) is 2.43. The van der Waals surface area contributed by atoms with E-state index in [1.54, 1.807) is 43.3 Å². The van der Waals surface area contributed by atoms with Crippen molar-refractivity contribution in [1.29, 1.82) is 0 Å². The molecule has 0 saturated heterocycles. The molecule has 0 radical (unpaired) electrons. The Hall–Kier alpha value is -2.47. The summed E-state index contributed by atoms with van der Waals surface area (Å²) in [5.41, 5.74) is 7.45. The number of hydrogen-bond acceptors (Lipinski definition) is 2. The van der Waals surface area contributed by atoms with Crippen LogP contribution in [-0.4, -0.2) is 11.0 Å². The highest BCUT2D eigenvalue weighted by Gasteiger charge is 2.04. The molecular weight excluding hydrogens is 289 g/mol. The number of anilines is 2. The lowest BCUT2D eigenvalue weighted by Crippen LogP contribution is -2.19. The maximum Gasteiger partial charge on any atom is 0.248 e. The first-order valence-corrected chi connectivity index (χ1v) is 6.60. The van der Waals surface area contributed by atoms with Crippen LogP contribution in [0, 0.1) is 12.7 Å². The third kappa shape index (κ3) is 4.00. The zero-order valence-electron chi connectivity index (χ0n) is 11.3. The van der Waals surface area contributed by atoms with E-state index in [1.807, 2.05) is 0 Å². The van der Waals surface area contributed by atoms with Crippen LogP contribution in [0.15, 0.2) is 42.5 Å². The van der Waals surface area contributed by atoms with Crippen molar-refractivity contribution in [3.05, 3.63) is 59.4 Å². The van der Waals surface area contributed by atoms with Crippen LogP contribution in [0.4, 0.5) is 15.8 Å². The van der Waals surface area contributed by atoms with E-state index < -0.39 is 5.91 Å². The highest BCUT2D eigenvalue weighted by molar-refractivity contribution is 7.80. The molecule has 4 N–H and O–H groups in total. The second kappa shape index (κ2) is 6.32. The average molecular weight is 303 g/mol. The van der Waals surface area contributed by atoms with E-state index in [0.29, 0.717) is 27.6 Å². The Kier molecular flexibility index (Phi) is 4.49. The van der Waals surface area contributed by atoms with Gasteiger partial charge in [0.05, 0.1) is 0 Å². The van der Waals surface area contributed by atoms with Crippen LogP contribution in [0.3, 0.4) is 0 Å². The van der Waals surface area contributed by atoms with Gasteiger partial charge in [-0.05, 0) is 61.1 Å². The molecule has 1 amide bonds. The zero-order chi connectivity index (χ0) is 15.4. The Morgan fingerprint density at radius 3 is 2.43 bits per heavy atom. The number of halogens is 1. The summed E-state index contributed by atoms with van der Waals surface area (Å²) in [5, 5.41) is 6.22. The molecular formula is C15H14FN3OS. The molecule has 0 aliphatic rings. The van der Waals surface area contributed by atoms with Crippen molar-refractivity contribution in [2.45, 2.75) is 6.92 Å². The molecule has 0 bridgehead atoms. The molecule has 0 spiro atoms. The van der Waals surface area contributed by atoms with Crippen LogP contribution in [0.2, 0.25) is 0 Å². The summed E-state index contributed by atoms with van der Waals surface area (Å²) in [6, 6.07) is 11.3. The Morgan fingerprint density at radius 1 is 1.14 bits per heavy atom. The zero-order valence-corrected chi connectivity index (χ0v) is 12.1. The second-order valence-corrected chi connectivity index (χ2v) is 4.90. The van der Waals surface area contributed by atoms with Crippen molar-refractivity contribution in [2.24, 2.45) is 5.73 Å². The van der Waals surface area contributed by atoms with Gasteiger partial charge in [0, 0.05) is 16.9 Å². The number of carbonyl (C=O) groups excluding carboxylic acids is 1. The fraction of sp³-hybridized carbons (Fsp3) is 0.0667. The molecule has 4 nitrogen and oxygen atoms in total. The molecule has 0 unspecified atom stereocenters. The van der Waals surface area contributed by atoms with Crippen molar-refractivity contribution in [1.82, 2.24) is 0 Å². The number of benzene rings is 2. The van der Waals surface area contributed by atoms with Gasteiger partial charge in [-0.3, -0.25) is 4.79 Å². The minimum atomic E-state index is -0.508. The molecule has 0 heterocycles. The second-order valence-electron chi connectivity index (χ2n) is 4.49. The predicted molar refractivity (Wildman–Crippen MR) is 85.9 cm³/mol. The number of rotatable bonds is 3. The molecule has 0 aliphatic heterocycles. The summed E-state index contributed by atoms with van der Waals surface area (Å²) in [6.07, 6.45) is 0. The first-order valence-electron chi connectivity index (χ1n) is 6.20. The summed E-state index contributed by atoms with van der Waals surface area (Å²) in [4.78, 5) is 11.1. The fourth-order valence-corrected chi connectivity index (χ4v) is 2.00. The number of thiocarbonyl (C=S) groups is 1. The fourth-order valence-electron chi connectivity index (χ4n) is 1.77. The monoisotopic (exact) mass is 303 g/mol. The number of nitrogens with two attached hydrogens (primary N) is 1. The van der Waals surface area contributed by atoms with E-state index in [1.165, 1.54) is 6.07 Å². The third-order valence-electron chi connectivity index (χ3n) is 2.82. The molecule has 0 fully saturated rings. The highest BCUT2D eigenvalue weighted by Crippen LogP contribution is 2.15. The van der Waals surface area contributed by atoms with Crippen LogP contribution in [-0.2, 0) is 0 Å². The summed E-state index contributed by atoms with van der Waals surface area (Å²) in [5.74, 6) is -0.778. The maximum absolute atomic E-state index is 13.2. The van der Waals surface area contributed by atoms with Gasteiger partial charge in [-0.25, -0.2) is 4.39 Å². The first-order chi connectivity index (χ1) is 9.95. The largest absolute Gasteiger partial charge is 0.366 e. The van der Waals surface area contributed by atoms with E-state index in [0.717, 1.165) is 0 Å². The lowest BCUT2D eigenvalue weighted by molar-refractivity contribution is 0.100. The number of amides is 1. The smallest absolute Gasteiger partial charge is 0.248 e. The SMILES string of the molecule is Cc1cc(NC(=S)Nc2cccc(C(N)=O)c2)ccc1F. The standard InChI is InChI=1S/C15H14FN3OS/c1-9-7-12(5-6-13(9)16)19-15(21)18-11-4-2-3-10(8-11)14(17)20/h2-8H,1H3,(H2,17,20)(H2,18,19,21). The molecule has 2 aromatic carbocycles. The van der Waals surface area contributed by atoms with Crippen molar-refractivity contribution in [3.63, 3.8) is 0 Å². The van der Waals surface area contributed by atoms with E-state index >= 15 is 0 Å². The number of hydrogen-bond donors (Lipinski definition) is 3. The van der Waals surface area contributed by atoms with E-state index in [2.05, 4.69) is 10.6 Å². The third-order valence-corrected chi connectivity index (χ3v) is 3.02. The molecule has 21 heavy (non-hydrogen) atoms. The Balaban J connectivity index is 2.06. The summed E-state index contributed by atoms with van der Waals surface area (Å²) in [7, 11) is 0. The lowest BCUT2D eigenvalue weighted by Gasteiger charge is -2.11. The summed E-state index contributed by atoms with van der Waals surface area (Å²) in [6.45, 7) is 1.67. The van der Waals surface area contributed by atoms with Crippen LogP contribution >= 0.6 is 12.2 Å². The minimum Gasteiger partial charge on any atom is -0.366 e. The highest BCUT2D eigenvalue weighted by atomic mass is 32.1. The topological polar surface area (TPSA) is 67.2 Å². The van der Waals surface area contributed by atoms with E-state index in [9.17, 15) is 9.18 Å². The predicted octanol–water partition coefficient (Wildman–Crippen LogP) is 3.04. The van der Waals surface area contributed by atoms with Gasteiger partial charge in [0.2, 0.25) is 5.91 Å². The van der Waals surface area contributed by atoms with Crippen LogP contribution in [0.1, 0.15) is 15.9 Å². The normalized spacial score (nSPS) is 10.0. The van der Waals surface area contributed by atoms with Crippen molar-refractivity contribution >= 4 is 34.6 Å². The molecule has 2 rings (SSSR count). The first kappa shape index (κ1) is 14.9. The Labute approximate surface area is 127 Å². The van der Waals surface area contributed by atoms with Gasteiger partial charge < -0.3 is 16.4 Å². The van der Waals surface area contributed by atoms with Crippen LogP contribution in [0.5, 0.6) is 0 Å². The number of primary amides is 1. The summed E-state index contributed by atoms with van der Waals surface area (Å²) < 4.78 is 13.2. The number of nitrogens with one attached hydrogen (secondary N) is 2. The quantitative estimate of drug-likeness (QED) is 0.762. The van der Waals surface area contributed by atoms with E-state index in [4.69, 9.17) is 18.0 Å². The van der Waals surface area contributed by atoms with E-state index in [-0.39, 0.29) is 5.82 Å². The number of aryl methyl sites for hydroxylation is 1. The molecule has 6 heteroatoms. The molecule has 108 valence electrons. The van der Waals surface area contributed by atoms with Gasteiger partial charge in [-0.15, -0.1) is 0 Å². The van der Waals surface area contributed by atoms with Gasteiger partial charge in [-0.1, -0.05) is 6.07 Å². The molecule has 0 aliphatic carbocycles. The number of carbonyl (C=O) groups is 1. The molecule has 0 atom stereocenters. The summed E-state index contributed by atoms with van der Waals surface area (Å²) >= 11 is 5.17. The van der Waals surface area contributed by atoms with Crippen molar-refractivity contribution in [2.75, 3.05) is 10.6 Å². The van der Waals surface area contributed by atoms with Gasteiger partial charge in [0.15, 0.2) is 5.11 Å². The van der Waals surface area contributed by atoms with Crippen molar-refractivity contribution in [3.8, 4) is 0 Å². The Morgan fingerprint density at radius 2 is 1.81 bits per heavy atom. The molecule has 0 aromatic heterocycles. The van der Waals surface area contributed by atoms with Crippen molar-refractivity contribution < 1.29 is 9.18 Å². The lowest BCUT2D eigenvalue weighted by atomic mass is 10.2. The maximum atomic E-state index is 13.2. The molecule has 2 aromatic rings. The van der Waals surface area contributed by atoms with Gasteiger partial charge in [-0.2, -0.15) is 0 Å². The van der Waals surface area contributed by atoms with Crippen LogP contribution in [0.25, 0.3) is 0 Å². The van der Waals surface area contributed by atoms with Gasteiger partial charge >= 0.3 is 0 Å². The molecule has 0 saturated carbocycles. The van der Waals surface area contributed by atoms with Gasteiger partial charge in [0.25, 0.3) is 0 Å². The van der Waals surface area contributed by atoms with Crippen LogP contribution < -0.4 is 16.4 Å².